The SMILES string of the molecule is SCC=C(c1ccc(Cl)cc1)c1ccc(Cl)cc1. The molecule has 0 N–H and O–H groups in total. The van der Waals surface area contributed by atoms with Crippen LogP contribution in [0.1, 0.15) is 11.1 Å². The lowest BCUT2D eigenvalue weighted by molar-refractivity contribution is 1.53. The molecule has 0 nitrogen and oxygen atoms in total. The predicted octanol–water partition coefficient (Wildman–Crippen LogP) is 5.35. The molecule has 18 heavy (non-hydrogen) atoms. The Hall–Kier alpha value is -0.890. The minimum Gasteiger partial charge on any atom is -0.175 e. The van der Waals surface area contributed by atoms with E-state index in [2.05, 4.69) is 18.7 Å². The Bertz CT molecular complexity index is 494. The van der Waals surface area contributed by atoms with Crippen molar-refractivity contribution in [1.82, 2.24) is 0 Å². The molecule has 3 heteroatoms. The topological polar surface area (TPSA) is 0 Å². The largest absolute Gasteiger partial charge is 0.175 e. The van der Waals surface area contributed by atoms with Gasteiger partial charge in [-0.2, -0.15) is 12.6 Å². The van der Waals surface area contributed by atoms with E-state index in [0.29, 0.717) is 5.75 Å². The van der Waals surface area contributed by atoms with Gasteiger partial charge in [-0.15, -0.1) is 0 Å². The number of thiol groups is 1. The second kappa shape index (κ2) is 6.33. The van der Waals surface area contributed by atoms with Crippen LogP contribution in [0.15, 0.2) is 54.6 Å². The second-order valence-corrected chi connectivity index (χ2v) is 5.05. The Labute approximate surface area is 123 Å². The van der Waals surface area contributed by atoms with Crippen LogP contribution in [0.3, 0.4) is 0 Å². The first kappa shape index (κ1) is 13.5. The summed E-state index contributed by atoms with van der Waals surface area (Å²) in [5, 5.41) is 1.47. The highest BCUT2D eigenvalue weighted by Crippen LogP contribution is 2.26. The van der Waals surface area contributed by atoms with Crippen LogP contribution < -0.4 is 0 Å². The molecule has 0 radical (unpaired) electrons. The van der Waals surface area contributed by atoms with E-state index in [4.69, 9.17) is 23.2 Å². The van der Waals surface area contributed by atoms with Crippen LogP contribution in [-0.4, -0.2) is 5.75 Å². The van der Waals surface area contributed by atoms with Crippen molar-refractivity contribution in [3.63, 3.8) is 0 Å². The summed E-state index contributed by atoms with van der Waals surface area (Å²) in [6.07, 6.45) is 2.08. The van der Waals surface area contributed by atoms with Gasteiger partial charge in [0.2, 0.25) is 0 Å². The van der Waals surface area contributed by atoms with E-state index in [1.54, 1.807) is 0 Å². The Balaban J connectivity index is 2.43. The van der Waals surface area contributed by atoms with Crippen molar-refractivity contribution in [2.75, 3.05) is 5.75 Å². The quantitative estimate of drug-likeness (QED) is 0.724. The number of rotatable bonds is 3. The first-order chi connectivity index (χ1) is 8.70. The third kappa shape index (κ3) is 3.32. The van der Waals surface area contributed by atoms with Crippen molar-refractivity contribution >= 4 is 41.4 Å². The number of hydrogen-bond donors (Lipinski definition) is 1. The molecule has 2 aromatic rings. The first-order valence-corrected chi connectivity index (χ1v) is 6.92. The maximum absolute atomic E-state index is 5.91. The summed E-state index contributed by atoms with van der Waals surface area (Å²) in [6.45, 7) is 0. The zero-order valence-electron chi connectivity index (χ0n) is 9.61. The molecular formula is C15H12Cl2S. The van der Waals surface area contributed by atoms with E-state index in [1.807, 2.05) is 48.5 Å². The fourth-order valence-electron chi connectivity index (χ4n) is 1.75. The summed E-state index contributed by atoms with van der Waals surface area (Å²) < 4.78 is 0. The Morgan fingerprint density at radius 2 is 1.22 bits per heavy atom. The minimum absolute atomic E-state index is 0.681. The van der Waals surface area contributed by atoms with Gasteiger partial charge >= 0.3 is 0 Å². The zero-order valence-corrected chi connectivity index (χ0v) is 12.0. The average Bonchev–Trinajstić information content (AvgIpc) is 2.39. The normalized spacial score (nSPS) is 10.2. The molecule has 2 aromatic carbocycles. The number of hydrogen-bond acceptors (Lipinski definition) is 1. The summed E-state index contributed by atoms with van der Waals surface area (Å²) in [7, 11) is 0. The Morgan fingerprint density at radius 1 is 0.833 bits per heavy atom. The maximum Gasteiger partial charge on any atom is 0.0406 e. The molecular weight excluding hydrogens is 283 g/mol. The lowest BCUT2D eigenvalue weighted by Gasteiger charge is -2.08. The summed E-state index contributed by atoms with van der Waals surface area (Å²) in [4.78, 5) is 0. The Kier molecular flexibility index (Phi) is 4.76. The molecule has 0 aliphatic heterocycles. The molecule has 0 aromatic heterocycles. The van der Waals surface area contributed by atoms with E-state index < -0.39 is 0 Å². The van der Waals surface area contributed by atoms with Crippen LogP contribution in [0.25, 0.3) is 5.57 Å². The highest BCUT2D eigenvalue weighted by Gasteiger charge is 2.04. The molecule has 0 bridgehead atoms. The predicted molar refractivity (Wildman–Crippen MR) is 83.8 cm³/mol. The van der Waals surface area contributed by atoms with Gasteiger partial charge in [-0.05, 0) is 41.0 Å². The molecule has 0 aliphatic carbocycles. The third-order valence-electron chi connectivity index (χ3n) is 2.61. The van der Waals surface area contributed by atoms with Crippen molar-refractivity contribution in [2.45, 2.75) is 0 Å². The van der Waals surface area contributed by atoms with Crippen LogP contribution in [0.5, 0.6) is 0 Å². The van der Waals surface area contributed by atoms with Gasteiger partial charge in [-0.25, -0.2) is 0 Å². The van der Waals surface area contributed by atoms with Crippen molar-refractivity contribution in [3.05, 3.63) is 75.8 Å². The molecule has 0 fully saturated rings. The fraction of sp³-hybridized carbons (Fsp3) is 0.0667. The average molecular weight is 295 g/mol. The molecule has 0 unspecified atom stereocenters. The monoisotopic (exact) mass is 294 g/mol. The summed E-state index contributed by atoms with van der Waals surface area (Å²) >= 11 is 16.1. The lowest BCUT2D eigenvalue weighted by Crippen LogP contribution is -1.88. The summed E-state index contributed by atoms with van der Waals surface area (Å²) in [5.74, 6) is 0.681. The molecule has 0 heterocycles. The highest BCUT2D eigenvalue weighted by atomic mass is 35.5. The molecule has 0 atom stereocenters. The summed E-state index contributed by atoms with van der Waals surface area (Å²) in [6, 6.07) is 15.6. The standard InChI is InChI=1S/C15H12Cl2S/c16-13-5-1-11(2-6-13)15(9-10-18)12-3-7-14(17)8-4-12/h1-9,18H,10H2. The van der Waals surface area contributed by atoms with Gasteiger partial charge in [0.25, 0.3) is 0 Å². The van der Waals surface area contributed by atoms with Gasteiger partial charge in [-0.1, -0.05) is 53.5 Å². The molecule has 92 valence electrons. The first-order valence-electron chi connectivity index (χ1n) is 5.53. The van der Waals surface area contributed by atoms with Gasteiger partial charge in [-0.3, -0.25) is 0 Å². The second-order valence-electron chi connectivity index (χ2n) is 3.81. The minimum atomic E-state index is 0.681. The van der Waals surface area contributed by atoms with Crippen molar-refractivity contribution in [1.29, 1.82) is 0 Å². The van der Waals surface area contributed by atoms with Gasteiger partial charge in [0.15, 0.2) is 0 Å². The molecule has 2 rings (SSSR count). The van der Waals surface area contributed by atoms with E-state index in [-0.39, 0.29) is 0 Å². The lowest BCUT2D eigenvalue weighted by atomic mass is 9.98. The van der Waals surface area contributed by atoms with Gasteiger partial charge in [0.1, 0.15) is 0 Å². The highest BCUT2D eigenvalue weighted by molar-refractivity contribution is 7.80. The van der Waals surface area contributed by atoms with Crippen LogP contribution in [-0.2, 0) is 0 Å². The van der Waals surface area contributed by atoms with Crippen molar-refractivity contribution < 1.29 is 0 Å². The third-order valence-corrected chi connectivity index (χ3v) is 3.29. The van der Waals surface area contributed by atoms with Crippen molar-refractivity contribution in [2.24, 2.45) is 0 Å². The molecule has 0 saturated heterocycles. The van der Waals surface area contributed by atoms with E-state index in [1.165, 1.54) is 0 Å². The molecule has 0 spiro atoms. The van der Waals surface area contributed by atoms with Crippen molar-refractivity contribution in [3.8, 4) is 0 Å². The fourth-order valence-corrected chi connectivity index (χ4v) is 2.19. The number of halogens is 2. The van der Waals surface area contributed by atoms with Crippen LogP contribution in [0, 0.1) is 0 Å². The van der Waals surface area contributed by atoms with Crippen LogP contribution in [0.4, 0.5) is 0 Å². The van der Waals surface area contributed by atoms with E-state index in [9.17, 15) is 0 Å². The van der Waals surface area contributed by atoms with Gasteiger partial charge in [0, 0.05) is 15.8 Å². The number of benzene rings is 2. The van der Waals surface area contributed by atoms with Gasteiger partial charge < -0.3 is 0 Å². The van der Waals surface area contributed by atoms with Gasteiger partial charge in [0.05, 0.1) is 0 Å². The maximum atomic E-state index is 5.91. The summed E-state index contributed by atoms with van der Waals surface area (Å²) in [5.41, 5.74) is 3.38. The molecule has 0 aliphatic rings. The smallest absolute Gasteiger partial charge is 0.0406 e. The molecule has 0 amide bonds. The molecule has 0 saturated carbocycles. The van der Waals surface area contributed by atoms with Crippen LogP contribution in [0.2, 0.25) is 10.0 Å². The van der Waals surface area contributed by atoms with E-state index in [0.717, 1.165) is 26.7 Å². The zero-order chi connectivity index (χ0) is 13.0. The Morgan fingerprint density at radius 3 is 1.56 bits per heavy atom. The van der Waals surface area contributed by atoms with Crippen LogP contribution >= 0.6 is 35.8 Å². The van der Waals surface area contributed by atoms with E-state index >= 15 is 0 Å².